The summed E-state index contributed by atoms with van der Waals surface area (Å²) in [4.78, 5) is 11.7. The first-order valence-corrected chi connectivity index (χ1v) is 4.10. The molecule has 0 saturated carbocycles. The number of hydrogen-bond acceptors (Lipinski definition) is 5. The van der Waals surface area contributed by atoms with E-state index in [1.54, 1.807) is 7.05 Å². The highest BCUT2D eigenvalue weighted by molar-refractivity contribution is 4.94. The smallest absolute Gasteiger partial charge is 0.274 e. The van der Waals surface area contributed by atoms with Gasteiger partial charge in [0.25, 0.3) is 6.20 Å². The lowest BCUT2D eigenvalue weighted by Gasteiger charge is -2.28. The summed E-state index contributed by atoms with van der Waals surface area (Å²) in [6.45, 7) is 2.63. The SMILES string of the molecule is CN/C(=C\[N+](=O)[O-])N1CCOCC1. The Hall–Kier alpha value is -1.30. The Labute approximate surface area is 76.3 Å². The lowest BCUT2D eigenvalue weighted by Crippen LogP contribution is -2.39. The molecule has 0 aliphatic carbocycles. The Bertz CT molecular complexity index is 211. The van der Waals surface area contributed by atoms with Crippen molar-refractivity contribution in [3.05, 3.63) is 22.1 Å². The Morgan fingerprint density at radius 2 is 2.23 bits per heavy atom. The minimum absolute atomic E-state index is 0.457. The second-order valence-electron chi connectivity index (χ2n) is 2.65. The van der Waals surface area contributed by atoms with Crippen molar-refractivity contribution in [2.75, 3.05) is 33.4 Å². The molecule has 1 fully saturated rings. The molecule has 1 aliphatic heterocycles. The van der Waals surface area contributed by atoms with Crippen LogP contribution in [0.4, 0.5) is 0 Å². The average Bonchev–Trinajstić information content (AvgIpc) is 2.15. The topological polar surface area (TPSA) is 67.6 Å². The zero-order valence-electron chi connectivity index (χ0n) is 7.52. The van der Waals surface area contributed by atoms with Crippen LogP contribution in [0.2, 0.25) is 0 Å². The maximum absolute atomic E-state index is 10.2. The third-order valence-corrected chi connectivity index (χ3v) is 1.84. The Kier molecular flexibility index (Phi) is 3.51. The Morgan fingerprint density at radius 1 is 1.62 bits per heavy atom. The molecule has 1 heterocycles. The number of hydrogen-bond donors (Lipinski definition) is 1. The van der Waals surface area contributed by atoms with Gasteiger partial charge in [0.2, 0.25) is 0 Å². The summed E-state index contributed by atoms with van der Waals surface area (Å²) >= 11 is 0. The fraction of sp³-hybridized carbons (Fsp3) is 0.714. The molecule has 13 heavy (non-hydrogen) atoms. The monoisotopic (exact) mass is 187 g/mol. The molecule has 74 valence electrons. The van der Waals surface area contributed by atoms with E-state index in [0.717, 1.165) is 6.20 Å². The van der Waals surface area contributed by atoms with Crippen LogP contribution in [0, 0.1) is 10.1 Å². The predicted octanol–water partition coefficient (Wildman–Crippen LogP) is -0.386. The van der Waals surface area contributed by atoms with Gasteiger partial charge in [-0.25, -0.2) is 0 Å². The van der Waals surface area contributed by atoms with Gasteiger partial charge < -0.3 is 15.0 Å². The third-order valence-electron chi connectivity index (χ3n) is 1.84. The Balaban J connectivity index is 2.58. The number of nitro groups is 1. The zero-order valence-corrected chi connectivity index (χ0v) is 7.52. The minimum Gasteiger partial charge on any atom is -0.378 e. The lowest BCUT2D eigenvalue weighted by atomic mass is 10.4. The van der Waals surface area contributed by atoms with Crippen LogP contribution in [0.15, 0.2) is 12.0 Å². The van der Waals surface area contributed by atoms with Crippen molar-refractivity contribution in [3.63, 3.8) is 0 Å². The van der Waals surface area contributed by atoms with Gasteiger partial charge in [0.15, 0.2) is 5.82 Å². The second kappa shape index (κ2) is 4.66. The molecule has 1 N–H and O–H groups in total. The number of rotatable bonds is 3. The van der Waals surface area contributed by atoms with E-state index in [2.05, 4.69) is 5.32 Å². The third kappa shape index (κ3) is 2.90. The van der Waals surface area contributed by atoms with E-state index in [4.69, 9.17) is 4.74 Å². The summed E-state index contributed by atoms with van der Waals surface area (Å²) in [5, 5.41) is 13.0. The number of ether oxygens (including phenoxy) is 1. The quantitative estimate of drug-likeness (QED) is 0.481. The molecule has 6 heteroatoms. The van der Waals surface area contributed by atoms with Crippen LogP contribution in [0.1, 0.15) is 0 Å². The van der Waals surface area contributed by atoms with E-state index < -0.39 is 4.92 Å². The highest BCUT2D eigenvalue weighted by atomic mass is 16.6. The van der Waals surface area contributed by atoms with Crippen molar-refractivity contribution < 1.29 is 9.66 Å². The molecular formula is C7H13N3O3. The Morgan fingerprint density at radius 3 is 2.69 bits per heavy atom. The van der Waals surface area contributed by atoms with Crippen molar-refractivity contribution in [2.24, 2.45) is 0 Å². The van der Waals surface area contributed by atoms with E-state index in [0.29, 0.717) is 32.1 Å². The van der Waals surface area contributed by atoms with Crippen LogP contribution in [-0.2, 0) is 4.74 Å². The van der Waals surface area contributed by atoms with Gasteiger partial charge in [-0.3, -0.25) is 10.1 Å². The molecule has 0 amide bonds. The van der Waals surface area contributed by atoms with Crippen molar-refractivity contribution >= 4 is 0 Å². The van der Waals surface area contributed by atoms with Gasteiger partial charge in [0, 0.05) is 20.1 Å². The predicted molar refractivity (Wildman–Crippen MR) is 46.5 cm³/mol. The molecule has 1 rings (SSSR count). The van der Waals surface area contributed by atoms with Crippen LogP contribution in [0.3, 0.4) is 0 Å². The largest absolute Gasteiger partial charge is 0.378 e. The zero-order chi connectivity index (χ0) is 9.68. The molecular weight excluding hydrogens is 174 g/mol. The summed E-state index contributed by atoms with van der Waals surface area (Å²) in [5.74, 6) is 0.535. The van der Waals surface area contributed by atoms with Crippen molar-refractivity contribution in [1.29, 1.82) is 0 Å². The summed E-state index contributed by atoms with van der Waals surface area (Å²) in [5.41, 5.74) is 0. The molecule has 1 aliphatic rings. The first-order chi connectivity index (χ1) is 6.24. The normalized spacial score (nSPS) is 18.5. The van der Waals surface area contributed by atoms with E-state index in [9.17, 15) is 10.1 Å². The molecule has 0 aromatic rings. The highest BCUT2D eigenvalue weighted by Gasteiger charge is 2.14. The molecule has 0 aromatic heterocycles. The van der Waals surface area contributed by atoms with E-state index in [1.807, 2.05) is 4.90 Å². The van der Waals surface area contributed by atoms with E-state index >= 15 is 0 Å². The molecule has 0 radical (unpaired) electrons. The summed E-state index contributed by atoms with van der Waals surface area (Å²) < 4.78 is 5.13. The minimum atomic E-state index is -0.457. The second-order valence-corrected chi connectivity index (χ2v) is 2.65. The molecule has 0 atom stereocenters. The van der Waals surface area contributed by atoms with Gasteiger partial charge in [-0.05, 0) is 0 Å². The van der Waals surface area contributed by atoms with E-state index in [-0.39, 0.29) is 0 Å². The van der Waals surface area contributed by atoms with E-state index in [1.165, 1.54) is 0 Å². The van der Waals surface area contributed by atoms with Crippen LogP contribution in [-0.4, -0.2) is 43.2 Å². The van der Waals surface area contributed by atoms with Crippen molar-refractivity contribution in [2.45, 2.75) is 0 Å². The van der Waals surface area contributed by atoms with Crippen LogP contribution in [0.25, 0.3) is 0 Å². The molecule has 0 bridgehead atoms. The first-order valence-electron chi connectivity index (χ1n) is 4.10. The van der Waals surface area contributed by atoms with Crippen LogP contribution >= 0.6 is 0 Å². The van der Waals surface area contributed by atoms with Crippen LogP contribution < -0.4 is 5.32 Å². The van der Waals surface area contributed by atoms with Gasteiger partial charge in [0.1, 0.15) is 0 Å². The number of nitrogens with one attached hydrogen (secondary N) is 1. The van der Waals surface area contributed by atoms with Gasteiger partial charge >= 0.3 is 0 Å². The highest BCUT2D eigenvalue weighted by Crippen LogP contribution is 2.03. The van der Waals surface area contributed by atoms with Gasteiger partial charge in [-0.15, -0.1) is 0 Å². The molecule has 0 aromatic carbocycles. The van der Waals surface area contributed by atoms with Crippen molar-refractivity contribution in [3.8, 4) is 0 Å². The number of nitrogens with zero attached hydrogens (tertiary/aromatic N) is 2. The van der Waals surface area contributed by atoms with Gasteiger partial charge in [-0.2, -0.15) is 0 Å². The fourth-order valence-corrected chi connectivity index (χ4v) is 1.21. The number of morpholine rings is 1. The summed E-state index contributed by atoms with van der Waals surface area (Å²) in [7, 11) is 1.67. The molecule has 0 unspecified atom stereocenters. The maximum atomic E-state index is 10.2. The molecule has 0 spiro atoms. The molecule has 1 saturated heterocycles. The average molecular weight is 187 g/mol. The fourth-order valence-electron chi connectivity index (χ4n) is 1.21. The lowest BCUT2D eigenvalue weighted by molar-refractivity contribution is -0.404. The van der Waals surface area contributed by atoms with Crippen LogP contribution in [0.5, 0.6) is 0 Å². The summed E-state index contributed by atoms with van der Waals surface area (Å²) in [6.07, 6.45) is 0.977. The van der Waals surface area contributed by atoms with Gasteiger partial charge in [0.05, 0.1) is 18.1 Å². The molecule has 6 nitrogen and oxygen atoms in total. The van der Waals surface area contributed by atoms with Crippen molar-refractivity contribution in [1.82, 2.24) is 10.2 Å². The summed E-state index contributed by atoms with van der Waals surface area (Å²) in [6, 6.07) is 0. The standard InChI is InChI=1S/C7H13N3O3/c1-8-7(6-10(11)12)9-2-4-13-5-3-9/h6,8H,2-5H2,1H3/b7-6+. The maximum Gasteiger partial charge on any atom is 0.274 e. The van der Waals surface area contributed by atoms with Gasteiger partial charge in [-0.1, -0.05) is 0 Å². The first kappa shape index (κ1) is 9.79.